The van der Waals surface area contributed by atoms with Crippen LogP contribution in [0.3, 0.4) is 0 Å². The van der Waals surface area contributed by atoms with Crippen molar-refractivity contribution in [1.29, 1.82) is 0 Å². The summed E-state index contributed by atoms with van der Waals surface area (Å²) in [6.45, 7) is 7.81. The number of aromatic nitrogens is 3. The van der Waals surface area contributed by atoms with Gasteiger partial charge in [-0.3, -0.25) is 4.79 Å². The second-order valence-corrected chi connectivity index (χ2v) is 10.5. The van der Waals surface area contributed by atoms with Gasteiger partial charge in [-0.2, -0.15) is 0 Å². The Bertz CT molecular complexity index is 1220. The number of nitrogens with one attached hydrogen (secondary N) is 2. The number of aliphatic carboxylic acids is 1. The van der Waals surface area contributed by atoms with Gasteiger partial charge in [0.15, 0.2) is 0 Å². The summed E-state index contributed by atoms with van der Waals surface area (Å²) in [4.78, 5) is 27.0. The number of hydrogen-bond donors (Lipinski definition) is 3. The van der Waals surface area contributed by atoms with Crippen LogP contribution in [0, 0.1) is 19.8 Å². The fraction of sp³-hybridized carbons (Fsp3) is 0.483. The highest BCUT2D eigenvalue weighted by molar-refractivity contribution is 5.69. The Morgan fingerprint density at radius 1 is 1.22 bits per heavy atom. The van der Waals surface area contributed by atoms with Gasteiger partial charge in [-0.1, -0.05) is 24.3 Å². The predicted molar refractivity (Wildman–Crippen MR) is 142 cm³/mol. The van der Waals surface area contributed by atoms with Gasteiger partial charge in [-0.15, -0.1) is 0 Å². The first-order chi connectivity index (χ1) is 17.4. The molecule has 0 radical (unpaired) electrons. The van der Waals surface area contributed by atoms with Crippen molar-refractivity contribution in [2.45, 2.75) is 58.3 Å². The molecule has 3 N–H and O–H groups in total. The van der Waals surface area contributed by atoms with Crippen molar-refractivity contribution < 1.29 is 9.90 Å². The Morgan fingerprint density at radius 2 is 2.11 bits per heavy atom. The fourth-order valence-corrected chi connectivity index (χ4v) is 5.82. The maximum Gasteiger partial charge on any atom is 0.304 e. The van der Waals surface area contributed by atoms with Crippen molar-refractivity contribution in [2.24, 2.45) is 5.92 Å². The lowest BCUT2D eigenvalue weighted by molar-refractivity contribution is -0.137. The van der Waals surface area contributed by atoms with E-state index in [0.717, 1.165) is 86.0 Å². The van der Waals surface area contributed by atoms with Crippen molar-refractivity contribution >= 4 is 11.8 Å². The summed E-state index contributed by atoms with van der Waals surface area (Å²) in [5.74, 6) is 1.79. The van der Waals surface area contributed by atoms with Crippen molar-refractivity contribution in [3.05, 3.63) is 64.7 Å². The first-order valence-corrected chi connectivity index (χ1v) is 13.2. The molecule has 1 aromatic carbocycles. The molecule has 190 valence electrons. The molecule has 2 aliphatic heterocycles. The Labute approximate surface area is 213 Å². The molecule has 1 fully saturated rings. The SMILES string of the molecule is Cc1nc(-c2cccc(C(CC(=O)O)CN3CC[C@@H](CCc4ccc5c(n4)NCCC5)C3)c2)c(C)[nH]1. The van der Waals surface area contributed by atoms with E-state index < -0.39 is 5.97 Å². The first kappa shape index (κ1) is 24.5. The van der Waals surface area contributed by atoms with E-state index in [-0.39, 0.29) is 12.3 Å². The normalized spacial score (nSPS) is 18.6. The van der Waals surface area contributed by atoms with E-state index in [1.54, 1.807) is 0 Å². The Balaban J connectivity index is 1.21. The van der Waals surface area contributed by atoms with Gasteiger partial charge < -0.3 is 20.3 Å². The lowest BCUT2D eigenvalue weighted by Gasteiger charge is -2.24. The summed E-state index contributed by atoms with van der Waals surface area (Å²) in [5.41, 5.74) is 6.59. The average Bonchev–Trinajstić information content (AvgIpc) is 3.47. The summed E-state index contributed by atoms with van der Waals surface area (Å²) in [7, 11) is 0. The minimum atomic E-state index is -0.750. The molecule has 7 nitrogen and oxygen atoms in total. The van der Waals surface area contributed by atoms with E-state index in [4.69, 9.17) is 4.98 Å². The summed E-state index contributed by atoms with van der Waals surface area (Å²) in [5, 5.41) is 13.1. The molecular weight excluding hydrogens is 450 g/mol. The van der Waals surface area contributed by atoms with Gasteiger partial charge in [-0.25, -0.2) is 9.97 Å². The third-order valence-electron chi connectivity index (χ3n) is 7.66. The molecule has 0 amide bonds. The maximum absolute atomic E-state index is 11.7. The van der Waals surface area contributed by atoms with Crippen LogP contribution in [0.1, 0.15) is 59.9 Å². The zero-order valence-corrected chi connectivity index (χ0v) is 21.4. The lowest BCUT2D eigenvalue weighted by atomic mass is 9.93. The molecular formula is C29H37N5O2. The molecule has 0 spiro atoms. The molecule has 36 heavy (non-hydrogen) atoms. The number of hydrogen-bond acceptors (Lipinski definition) is 5. The number of H-pyrrole nitrogens is 1. The van der Waals surface area contributed by atoms with E-state index in [1.165, 1.54) is 17.7 Å². The van der Waals surface area contributed by atoms with Gasteiger partial charge in [0.05, 0.1) is 12.1 Å². The van der Waals surface area contributed by atoms with Gasteiger partial charge in [-0.05, 0) is 81.7 Å². The van der Waals surface area contributed by atoms with Crippen LogP contribution in [0.5, 0.6) is 0 Å². The Kier molecular flexibility index (Phi) is 7.37. The number of nitrogens with zero attached hydrogens (tertiary/aromatic N) is 3. The predicted octanol–water partition coefficient (Wildman–Crippen LogP) is 4.96. The minimum absolute atomic E-state index is 0.0464. The number of anilines is 1. The number of imidazole rings is 1. The highest BCUT2D eigenvalue weighted by Gasteiger charge is 2.27. The molecule has 7 heteroatoms. The average molecular weight is 488 g/mol. The third kappa shape index (κ3) is 5.78. The van der Waals surface area contributed by atoms with Crippen molar-refractivity contribution in [3.8, 4) is 11.3 Å². The number of carboxylic acids is 1. The van der Waals surface area contributed by atoms with Crippen LogP contribution in [-0.4, -0.2) is 57.1 Å². The van der Waals surface area contributed by atoms with E-state index in [2.05, 4.69) is 50.5 Å². The van der Waals surface area contributed by atoms with Crippen molar-refractivity contribution in [1.82, 2.24) is 19.9 Å². The molecule has 1 unspecified atom stereocenters. The topological polar surface area (TPSA) is 94.1 Å². The zero-order chi connectivity index (χ0) is 25.1. The Morgan fingerprint density at radius 3 is 2.92 bits per heavy atom. The second kappa shape index (κ2) is 10.8. The number of benzene rings is 1. The number of fused-ring (bicyclic) bond motifs is 1. The van der Waals surface area contributed by atoms with E-state index in [1.807, 2.05) is 19.9 Å². The van der Waals surface area contributed by atoms with Gasteiger partial charge in [0, 0.05) is 42.5 Å². The van der Waals surface area contributed by atoms with Crippen LogP contribution in [0.25, 0.3) is 11.3 Å². The second-order valence-electron chi connectivity index (χ2n) is 10.5. The zero-order valence-electron chi connectivity index (χ0n) is 21.4. The highest BCUT2D eigenvalue weighted by Crippen LogP contribution is 2.30. The number of aryl methyl sites for hydroxylation is 4. The van der Waals surface area contributed by atoms with E-state index >= 15 is 0 Å². The molecule has 2 aromatic heterocycles. The number of likely N-dealkylation sites (tertiary alicyclic amines) is 1. The summed E-state index contributed by atoms with van der Waals surface area (Å²) < 4.78 is 0. The van der Waals surface area contributed by atoms with Gasteiger partial charge in [0.2, 0.25) is 0 Å². The number of rotatable bonds is 9. The maximum atomic E-state index is 11.7. The Hall–Kier alpha value is -3.19. The van der Waals surface area contributed by atoms with Crippen LogP contribution in [0.4, 0.5) is 5.82 Å². The van der Waals surface area contributed by atoms with Crippen LogP contribution in [-0.2, 0) is 17.6 Å². The molecule has 4 heterocycles. The largest absolute Gasteiger partial charge is 0.481 e. The monoisotopic (exact) mass is 487 g/mol. The molecule has 0 bridgehead atoms. The molecule has 1 saturated heterocycles. The van der Waals surface area contributed by atoms with Crippen LogP contribution < -0.4 is 5.32 Å². The number of carboxylic acid groups (broad SMARTS) is 1. The lowest BCUT2D eigenvalue weighted by Crippen LogP contribution is -2.28. The molecule has 2 aliphatic rings. The summed E-state index contributed by atoms with van der Waals surface area (Å²) in [6.07, 6.45) is 5.72. The smallest absolute Gasteiger partial charge is 0.304 e. The molecule has 5 rings (SSSR count). The van der Waals surface area contributed by atoms with Gasteiger partial charge in [0.1, 0.15) is 11.6 Å². The van der Waals surface area contributed by atoms with Crippen LogP contribution >= 0.6 is 0 Å². The molecule has 3 aromatic rings. The van der Waals surface area contributed by atoms with Gasteiger partial charge >= 0.3 is 5.97 Å². The number of pyridine rings is 1. The van der Waals surface area contributed by atoms with Gasteiger partial charge in [0.25, 0.3) is 0 Å². The number of aromatic amines is 1. The third-order valence-corrected chi connectivity index (χ3v) is 7.66. The molecule has 2 atom stereocenters. The summed E-state index contributed by atoms with van der Waals surface area (Å²) in [6, 6.07) is 12.7. The van der Waals surface area contributed by atoms with Crippen molar-refractivity contribution in [3.63, 3.8) is 0 Å². The molecule has 0 saturated carbocycles. The quantitative estimate of drug-likeness (QED) is 0.395. The van der Waals surface area contributed by atoms with Crippen molar-refractivity contribution in [2.75, 3.05) is 31.5 Å². The van der Waals surface area contributed by atoms with Crippen LogP contribution in [0.15, 0.2) is 36.4 Å². The van der Waals surface area contributed by atoms with E-state index in [9.17, 15) is 9.90 Å². The minimum Gasteiger partial charge on any atom is -0.481 e. The number of carbonyl (C=O) groups is 1. The first-order valence-electron chi connectivity index (χ1n) is 13.2. The van der Waals surface area contributed by atoms with Crippen LogP contribution in [0.2, 0.25) is 0 Å². The standard InChI is InChI=1S/C29H37N5O2/c1-19-28(32-20(2)31-19)24-6-3-5-23(15-24)25(16-27(35)36)18-34-14-12-21(17-34)8-10-26-11-9-22-7-4-13-30-29(22)33-26/h3,5-6,9,11,15,21,25H,4,7-8,10,12-14,16-18H2,1-2H3,(H,30,33)(H,31,32)(H,35,36)/t21-,25?/m1/s1. The highest BCUT2D eigenvalue weighted by atomic mass is 16.4. The summed E-state index contributed by atoms with van der Waals surface area (Å²) >= 11 is 0. The fourth-order valence-electron chi connectivity index (χ4n) is 5.82. The van der Waals surface area contributed by atoms with E-state index in [0.29, 0.717) is 5.92 Å². The molecule has 0 aliphatic carbocycles.